The number of aromatic carboxylic acids is 1. The van der Waals surface area contributed by atoms with Crippen LogP contribution in [0.25, 0.3) is 0 Å². The number of carbonyl (C=O) groups is 2. The van der Waals surface area contributed by atoms with Gasteiger partial charge in [-0.2, -0.15) is 0 Å². The van der Waals surface area contributed by atoms with E-state index in [4.69, 9.17) is 10.8 Å². The van der Waals surface area contributed by atoms with Gasteiger partial charge in [0.05, 0.1) is 5.69 Å². The van der Waals surface area contributed by atoms with Gasteiger partial charge in [0.25, 0.3) is 0 Å². The Hall–Kier alpha value is -1.98. The second-order valence-corrected chi connectivity index (χ2v) is 2.50. The van der Waals surface area contributed by atoms with Crippen molar-refractivity contribution in [3.05, 3.63) is 17.5 Å². The number of aromatic amines is 1. The van der Waals surface area contributed by atoms with Gasteiger partial charge in [-0.3, -0.25) is 0 Å². The molecule has 5 N–H and O–H groups in total. The van der Waals surface area contributed by atoms with Crippen molar-refractivity contribution >= 4 is 17.7 Å². The lowest BCUT2D eigenvalue weighted by molar-refractivity contribution is 0.0697. The van der Waals surface area contributed by atoms with Gasteiger partial charge in [-0.05, 0) is 6.92 Å². The maximum Gasteiger partial charge on any atom is 0.339 e. The molecular formula is C7H9N3O3. The van der Waals surface area contributed by atoms with Crippen LogP contribution in [-0.2, 0) is 0 Å². The molecule has 0 saturated carbocycles. The van der Waals surface area contributed by atoms with E-state index in [1.807, 2.05) is 0 Å². The summed E-state index contributed by atoms with van der Waals surface area (Å²) in [5.41, 5.74) is 5.52. The molecule has 1 aromatic heterocycles. The van der Waals surface area contributed by atoms with Crippen LogP contribution in [0.5, 0.6) is 0 Å². The number of anilines is 1. The molecule has 6 nitrogen and oxygen atoms in total. The van der Waals surface area contributed by atoms with Gasteiger partial charge in [-0.15, -0.1) is 0 Å². The number of nitrogens with one attached hydrogen (secondary N) is 2. The minimum Gasteiger partial charge on any atom is -0.478 e. The Morgan fingerprint density at radius 3 is 2.69 bits per heavy atom. The topological polar surface area (TPSA) is 108 Å². The van der Waals surface area contributed by atoms with E-state index in [-0.39, 0.29) is 11.3 Å². The number of urea groups is 1. The predicted octanol–water partition coefficient (Wildman–Crippen LogP) is 0.512. The number of carbonyl (C=O) groups excluding carboxylic acids is 1. The van der Waals surface area contributed by atoms with E-state index in [1.54, 1.807) is 6.92 Å². The molecule has 0 fully saturated rings. The highest BCUT2D eigenvalue weighted by Crippen LogP contribution is 2.18. The Kier molecular flexibility index (Phi) is 2.23. The van der Waals surface area contributed by atoms with Gasteiger partial charge in [0, 0.05) is 11.9 Å². The number of amides is 2. The van der Waals surface area contributed by atoms with Crippen LogP contribution < -0.4 is 11.1 Å². The van der Waals surface area contributed by atoms with Crippen LogP contribution in [0.2, 0.25) is 0 Å². The zero-order valence-electron chi connectivity index (χ0n) is 6.92. The van der Waals surface area contributed by atoms with Gasteiger partial charge in [-0.1, -0.05) is 0 Å². The molecule has 6 heteroatoms. The zero-order valence-corrected chi connectivity index (χ0v) is 6.92. The van der Waals surface area contributed by atoms with E-state index in [0.717, 1.165) is 0 Å². The normalized spacial score (nSPS) is 9.62. The number of aromatic nitrogens is 1. The van der Waals surface area contributed by atoms with Crippen LogP contribution in [0.4, 0.5) is 10.5 Å². The van der Waals surface area contributed by atoms with Crippen molar-refractivity contribution in [1.29, 1.82) is 0 Å². The lowest BCUT2D eigenvalue weighted by atomic mass is 10.2. The fourth-order valence-corrected chi connectivity index (χ4v) is 1.03. The Labute approximate surface area is 73.7 Å². The van der Waals surface area contributed by atoms with Gasteiger partial charge in [-0.25, -0.2) is 9.59 Å². The van der Waals surface area contributed by atoms with E-state index in [0.29, 0.717) is 5.69 Å². The highest BCUT2D eigenvalue weighted by atomic mass is 16.4. The molecule has 0 aromatic carbocycles. The molecule has 0 atom stereocenters. The number of carboxylic acid groups (broad SMARTS) is 1. The average Bonchev–Trinajstić information content (AvgIpc) is 2.30. The van der Waals surface area contributed by atoms with Gasteiger partial charge < -0.3 is 21.1 Å². The monoisotopic (exact) mass is 183 g/mol. The molecule has 0 bridgehead atoms. The van der Waals surface area contributed by atoms with Crippen LogP contribution in [0, 0.1) is 6.92 Å². The van der Waals surface area contributed by atoms with E-state index >= 15 is 0 Å². The van der Waals surface area contributed by atoms with Crippen molar-refractivity contribution < 1.29 is 14.7 Å². The van der Waals surface area contributed by atoms with Crippen molar-refractivity contribution in [3.8, 4) is 0 Å². The SMILES string of the molecule is Cc1[nH]cc(NC(N)=O)c1C(=O)O. The summed E-state index contributed by atoms with van der Waals surface area (Å²) in [6, 6.07) is -0.790. The maximum atomic E-state index is 10.7. The molecule has 0 radical (unpaired) electrons. The standard InChI is InChI=1S/C7H9N3O3/c1-3-5(6(11)12)4(2-9-3)10-7(8)13/h2,9H,1H3,(H,11,12)(H3,8,10,13). The zero-order chi connectivity index (χ0) is 10.0. The Morgan fingerprint density at radius 1 is 1.62 bits per heavy atom. The molecular weight excluding hydrogens is 174 g/mol. The molecule has 0 saturated heterocycles. The largest absolute Gasteiger partial charge is 0.478 e. The van der Waals surface area contributed by atoms with Crippen LogP contribution in [-0.4, -0.2) is 22.1 Å². The first-order valence-electron chi connectivity index (χ1n) is 3.50. The minimum absolute atomic E-state index is 0.0267. The van der Waals surface area contributed by atoms with Crippen LogP contribution in [0.15, 0.2) is 6.20 Å². The molecule has 0 aliphatic rings. The molecule has 1 aromatic rings. The summed E-state index contributed by atoms with van der Waals surface area (Å²) >= 11 is 0. The first kappa shape index (κ1) is 9.11. The predicted molar refractivity (Wildman–Crippen MR) is 45.7 cm³/mol. The number of hydrogen-bond acceptors (Lipinski definition) is 2. The van der Waals surface area contributed by atoms with Crippen LogP contribution >= 0.6 is 0 Å². The summed E-state index contributed by atoms with van der Waals surface area (Å²) in [4.78, 5) is 23.8. The van der Waals surface area contributed by atoms with Gasteiger partial charge in [0.2, 0.25) is 0 Å². The Morgan fingerprint density at radius 2 is 2.23 bits per heavy atom. The summed E-state index contributed by atoms with van der Waals surface area (Å²) in [6.07, 6.45) is 1.38. The third-order valence-electron chi connectivity index (χ3n) is 1.55. The van der Waals surface area contributed by atoms with Crippen LogP contribution in [0.3, 0.4) is 0 Å². The molecule has 13 heavy (non-hydrogen) atoms. The molecule has 1 heterocycles. The number of primary amides is 1. The third-order valence-corrected chi connectivity index (χ3v) is 1.55. The van der Waals surface area contributed by atoms with E-state index < -0.39 is 12.0 Å². The molecule has 1 rings (SSSR count). The number of carboxylic acids is 1. The molecule has 0 spiro atoms. The van der Waals surface area contributed by atoms with E-state index in [2.05, 4.69) is 10.3 Å². The fraction of sp³-hybridized carbons (Fsp3) is 0.143. The van der Waals surface area contributed by atoms with Crippen molar-refractivity contribution in [1.82, 2.24) is 4.98 Å². The van der Waals surface area contributed by atoms with E-state index in [9.17, 15) is 9.59 Å². The number of hydrogen-bond donors (Lipinski definition) is 4. The highest BCUT2D eigenvalue weighted by Gasteiger charge is 2.15. The minimum atomic E-state index is -1.11. The maximum absolute atomic E-state index is 10.7. The van der Waals surface area contributed by atoms with Gasteiger partial charge in [0.1, 0.15) is 5.56 Å². The molecule has 0 aliphatic heterocycles. The number of H-pyrrole nitrogens is 1. The summed E-state index contributed by atoms with van der Waals surface area (Å²) in [7, 11) is 0. The molecule has 70 valence electrons. The third kappa shape index (κ3) is 1.78. The van der Waals surface area contributed by atoms with Crippen molar-refractivity contribution in [2.24, 2.45) is 5.73 Å². The summed E-state index contributed by atoms with van der Waals surface area (Å²) in [6.45, 7) is 1.59. The second-order valence-electron chi connectivity index (χ2n) is 2.50. The fourth-order valence-electron chi connectivity index (χ4n) is 1.03. The quantitative estimate of drug-likeness (QED) is 0.536. The summed E-state index contributed by atoms with van der Waals surface area (Å²) in [5.74, 6) is -1.11. The Balaban J connectivity index is 3.07. The smallest absolute Gasteiger partial charge is 0.339 e. The second kappa shape index (κ2) is 3.18. The lowest BCUT2D eigenvalue weighted by Gasteiger charge is -1.99. The molecule has 0 unspecified atom stereocenters. The summed E-state index contributed by atoms with van der Waals surface area (Å²) < 4.78 is 0. The lowest BCUT2D eigenvalue weighted by Crippen LogP contribution is -2.20. The number of rotatable bonds is 2. The van der Waals surface area contributed by atoms with Gasteiger partial charge >= 0.3 is 12.0 Å². The first-order valence-corrected chi connectivity index (χ1v) is 3.50. The van der Waals surface area contributed by atoms with E-state index in [1.165, 1.54) is 6.20 Å². The van der Waals surface area contributed by atoms with Crippen molar-refractivity contribution in [2.75, 3.05) is 5.32 Å². The van der Waals surface area contributed by atoms with Crippen LogP contribution in [0.1, 0.15) is 16.1 Å². The van der Waals surface area contributed by atoms with Gasteiger partial charge in [0.15, 0.2) is 0 Å². The first-order chi connectivity index (χ1) is 6.02. The number of nitrogens with two attached hydrogens (primary N) is 1. The summed E-state index contributed by atoms with van der Waals surface area (Å²) in [5, 5.41) is 10.9. The number of aryl methyl sites for hydroxylation is 1. The molecule has 0 aliphatic carbocycles. The van der Waals surface area contributed by atoms with Crippen molar-refractivity contribution in [2.45, 2.75) is 6.92 Å². The molecule has 2 amide bonds. The highest BCUT2D eigenvalue weighted by molar-refractivity contribution is 6.00. The average molecular weight is 183 g/mol. The van der Waals surface area contributed by atoms with Crippen molar-refractivity contribution in [3.63, 3.8) is 0 Å². The Bertz CT molecular complexity index is 356.